The van der Waals surface area contributed by atoms with E-state index in [0.29, 0.717) is 4.73 Å². The van der Waals surface area contributed by atoms with E-state index >= 15 is 0 Å². The van der Waals surface area contributed by atoms with E-state index in [1.54, 1.807) is 0 Å². The summed E-state index contributed by atoms with van der Waals surface area (Å²) >= 11 is 0. The number of carboxylic acids is 1. The Morgan fingerprint density at radius 1 is 1.21 bits per heavy atom. The van der Waals surface area contributed by atoms with Gasteiger partial charge in [-0.2, -0.15) is 0 Å². The lowest BCUT2D eigenvalue weighted by molar-refractivity contribution is -0.155. The number of nitrogens with zero attached hydrogens (tertiary/aromatic N) is 1. The maximum Gasteiger partial charge on any atom is 0.361 e. The van der Waals surface area contributed by atoms with Gasteiger partial charge in [0.25, 0.3) is 11.1 Å². The van der Waals surface area contributed by atoms with E-state index in [0.717, 1.165) is 26.4 Å². The molecular formula is C12H12N4O8. The number of carboxylic acid groups (broad SMARTS) is 1. The lowest BCUT2D eigenvalue weighted by atomic mass is 9.98. The van der Waals surface area contributed by atoms with Crippen LogP contribution < -0.4 is 32.1 Å². The minimum absolute atomic E-state index is 0.512. The molecule has 0 aliphatic rings. The Balaban J connectivity index is 2.66. The van der Waals surface area contributed by atoms with Crippen LogP contribution in [0.2, 0.25) is 0 Å². The van der Waals surface area contributed by atoms with E-state index in [4.69, 9.17) is 4.74 Å². The summed E-state index contributed by atoms with van der Waals surface area (Å²) in [5.74, 6) is -2.17. The van der Waals surface area contributed by atoms with Gasteiger partial charge in [0, 0.05) is 0 Å². The standard InChI is InChI=1S/C12H12N4O8/c1-12(9(19)20,24-6-3-13-10(21)14-8(6)18)5-4-16(23-2)11(22)15-7(5)17/h3-4H,1-2H3,(H,19,20)(H,15,17,22)(H2,13,14,18,21). The zero-order valence-corrected chi connectivity index (χ0v) is 12.4. The van der Waals surface area contributed by atoms with Crippen LogP contribution in [-0.2, 0) is 10.4 Å². The molecule has 2 aromatic rings. The quantitative estimate of drug-likeness (QED) is 0.456. The number of H-pyrrole nitrogens is 3. The summed E-state index contributed by atoms with van der Waals surface area (Å²) in [6.45, 7) is 0.995. The predicted octanol–water partition coefficient (Wildman–Crippen LogP) is -2.65. The summed E-state index contributed by atoms with van der Waals surface area (Å²) in [6, 6.07) is 0. The van der Waals surface area contributed by atoms with Gasteiger partial charge in [-0.15, -0.1) is 4.73 Å². The Hall–Kier alpha value is -3.57. The van der Waals surface area contributed by atoms with Crippen LogP contribution in [0.25, 0.3) is 0 Å². The molecule has 2 rings (SSSR count). The lowest BCUT2D eigenvalue weighted by Gasteiger charge is -2.25. The number of rotatable bonds is 5. The fraction of sp³-hybridized carbons (Fsp3) is 0.250. The molecule has 0 aromatic carbocycles. The summed E-state index contributed by atoms with van der Waals surface area (Å²) in [6.07, 6.45) is 1.68. The van der Waals surface area contributed by atoms with E-state index in [9.17, 15) is 29.1 Å². The first-order valence-electron chi connectivity index (χ1n) is 6.34. The SMILES string of the molecule is COn1cc(C(C)(Oc2c[nH]c(=O)[nH]c2=O)C(=O)O)c(=O)[nH]c1=O. The van der Waals surface area contributed by atoms with E-state index < -0.39 is 45.4 Å². The number of carbonyl (C=O) groups is 1. The van der Waals surface area contributed by atoms with Crippen molar-refractivity contribution in [1.29, 1.82) is 0 Å². The number of ether oxygens (including phenoxy) is 1. The second kappa shape index (κ2) is 5.91. The number of aromatic nitrogens is 4. The molecular weight excluding hydrogens is 328 g/mol. The predicted molar refractivity (Wildman–Crippen MR) is 77.1 cm³/mol. The molecule has 0 fully saturated rings. The van der Waals surface area contributed by atoms with Gasteiger partial charge in [-0.1, -0.05) is 0 Å². The maximum absolute atomic E-state index is 12.0. The van der Waals surface area contributed by atoms with Gasteiger partial charge in [0.05, 0.1) is 18.0 Å². The molecule has 0 aliphatic heterocycles. The molecule has 12 nitrogen and oxygen atoms in total. The molecule has 4 N–H and O–H groups in total. The van der Waals surface area contributed by atoms with E-state index in [1.165, 1.54) is 0 Å². The molecule has 0 bridgehead atoms. The Kier molecular flexibility index (Phi) is 4.13. The highest BCUT2D eigenvalue weighted by molar-refractivity contribution is 5.79. The second-order valence-corrected chi connectivity index (χ2v) is 4.69. The van der Waals surface area contributed by atoms with Gasteiger partial charge >= 0.3 is 17.3 Å². The highest BCUT2D eigenvalue weighted by Crippen LogP contribution is 2.23. The molecule has 1 atom stereocenters. The van der Waals surface area contributed by atoms with Crippen LogP contribution in [0.4, 0.5) is 0 Å². The van der Waals surface area contributed by atoms with Gasteiger partial charge < -0.3 is 19.7 Å². The molecule has 0 spiro atoms. The second-order valence-electron chi connectivity index (χ2n) is 4.69. The molecule has 24 heavy (non-hydrogen) atoms. The van der Waals surface area contributed by atoms with Gasteiger partial charge in [-0.05, 0) is 6.92 Å². The van der Waals surface area contributed by atoms with Crippen molar-refractivity contribution in [3.8, 4) is 5.75 Å². The van der Waals surface area contributed by atoms with Crippen LogP contribution in [-0.4, -0.2) is 37.9 Å². The Morgan fingerprint density at radius 3 is 2.42 bits per heavy atom. The van der Waals surface area contributed by atoms with Crippen molar-refractivity contribution in [2.45, 2.75) is 12.5 Å². The van der Waals surface area contributed by atoms with Crippen LogP contribution in [0.15, 0.2) is 31.6 Å². The van der Waals surface area contributed by atoms with Crippen molar-refractivity contribution in [1.82, 2.24) is 19.7 Å². The van der Waals surface area contributed by atoms with Crippen molar-refractivity contribution in [3.05, 3.63) is 59.6 Å². The highest BCUT2D eigenvalue weighted by atomic mass is 16.6. The molecule has 12 heteroatoms. The number of hydrogen-bond donors (Lipinski definition) is 4. The van der Waals surface area contributed by atoms with Gasteiger partial charge in [-0.3, -0.25) is 19.6 Å². The lowest BCUT2D eigenvalue weighted by Crippen LogP contribution is -2.47. The normalized spacial score (nSPS) is 13.1. The smallest absolute Gasteiger partial charge is 0.361 e. The molecule has 0 aliphatic carbocycles. The van der Waals surface area contributed by atoms with Gasteiger partial charge in [-0.25, -0.2) is 14.4 Å². The molecule has 2 heterocycles. The number of nitrogens with one attached hydrogen (secondary N) is 3. The van der Waals surface area contributed by atoms with Gasteiger partial charge in [0.2, 0.25) is 11.4 Å². The summed E-state index contributed by atoms with van der Waals surface area (Å²) in [7, 11) is 1.12. The first-order valence-corrected chi connectivity index (χ1v) is 6.34. The summed E-state index contributed by atoms with van der Waals surface area (Å²) < 4.78 is 5.73. The largest absolute Gasteiger partial charge is 0.478 e. The number of hydrogen-bond acceptors (Lipinski definition) is 7. The monoisotopic (exact) mass is 340 g/mol. The van der Waals surface area contributed by atoms with Crippen LogP contribution in [0, 0.1) is 0 Å². The summed E-state index contributed by atoms with van der Waals surface area (Å²) in [5, 5.41) is 9.46. The molecule has 0 amide bonds. The summed E-state index contributed by atoms with van der Waals surface area (Å²) in [4.78, 5) is 68.3. The number of aliphatic carboxylic acids is 1. The zero-order chi connectivity index (χ0) is 18.1. The minimum atomic E-state index is -2.35. The summed E-state index contributed by atoms with van der Waals surface area (Å²) in [5.41, 5.74) is -6.66. The average molecular weight is 340 g/mol. The van der Waals surface area contributed by atoms with E-state index in [1.807, 2.05) is 9.97 Å². The fourth-order valence-electron chi connectivity index (χ4n) is 1.84. The van der Waals surface area contributed by atoms with Crippen LogP contribution in [0.3, 0.4) is 0 Å². The van der Waals surface area contributed by atoms with Crippen molar-refractivity contribution < 1.29 is 19.5 Å². The maximum atomic E-state index is 12.0. The third kappa shape index (κ3) is 2.84. The molecule has 128 valence electrons. The van der Waals surface area contributed by atoms with Crippen LogP contribution in [0.5, 0.6) is 5.75 Å². The highest BCUT2D eigenvalue weighted by Gasteiger charge is 2.42. The zero-order valence-electron chi connectivity index (χ0n) is 12.4. The molecule has 0 saturated heterocycles. The van der Waals surface area contributed by atoms with Crippen LogP contribution in [0.1, 0.15) is 12.5 Å². The molecule has 2 aromatic heterocycles. The Morgan fingerprint density at radius 2 is 1.88 bits per heavy atom. The average Bonchev–Trinajstić information content (AvgIpc) is 2.50. The fourth-order valence-corrected chi connectivity index (χ4v) is 1.84. The van der Waals surface area contributed by atoms with E-state index in [-0.39, 0.29) is 0 Å². The Labute approximate surface area is 131 Å². The molecule has 1 unspecified atom stereocenters. The third-order valence-corrected chi connectivity index (χ3v) is 3.13. The minimum Gasteiger partial charge on any atom is -0.478 e. The molecule has 0 saturated carbocycles. The number of aromatic amines is 3. The Bertz CT molecular complexity index is 1010. The molecule has 0 radical (unpaired) electrons. The first kappa shape index (κ1) is 16.8. The van der Waals surface area contributed by atoms with Crippen LogP contribution >= 0.6 is 0 Å². The third-order valence-electron chi connectivity index (χ3n) is 3.13. The van der Waals surface area contributed by atoms with Crippen molar-refractivity contribution >= 4 is 5.97 Å². The van der Waals surface area contributed by atoms with Crippen molar-refractivity contribution in [3.63, 3.8) is 0 Å². The topological polar surface area (TPSA) is 176 Å². The van der Waals surface area contributed by atoms with Crippen molar-refractivity contribution in [2.24, 2.45) is 0 Å². The van der Waals surface area contributed by atoms with E-state index in [2.05, 4.69) is 9.82 Å². The van der Waals surface area contributed by atoms with Gasteiger partial charge in [0.15, 0.2) is 0 Å². The van der Waals surface area contributed by atoms with Gasteiger partial charge in [0.1, 0.15) is 7.11 Å². The van der Waals surface area contributed by atoms with Crippen molar-refractivity contribution in [2.75, 3.05) is 7.11 Å². The first-order chi connectivity index (χ1) is 11.2.